The van der Waals surface area contributed by atoms with Gasteiger partial charge in [0, 0.05) is 12.5 Å². The maximum Gasteiger partial charge on any atom is 0.158 e. The van der Waals surface area contributed by atoms with E-state index in [-0.39, 0.29) is 6.61 Å². The number of rotatable bonds is 3. The molecular formula is C8H13N3O. The third kappa shape index (κ3) is 1.12. The van der Waals surface area contributed by atoms with Crippen LogP contribution in [0.5, 0.6) is 0 Å². The average molecular weight is 167 g/mol. The molecule has 0 atom stereocenters. The molecule has 0 saturated heterocycles. The van der Waals surface area contributed by atoms with Crippen molar-refractivity contribution in [1.29, 1.82) is 0 Å². The molecule has 1 aromatic heterocycles. The van der Waals surface area contributed by atoms with E-state index in [2.05, 4.69) is 17.1 Å². The van der Waals surface area contributed by atoms with Gasteiger partial charge in [-0.3, -0.25) is 0 Å². The molecule has 4 heteroatoms. The Kier molecular flexibility index (Phi) is 1.84. The van der Waals surface area contributed by atoms with Crippen molar-refractivity contribution in [3.05, 3.63) is 11.6 Å². The zero-order chi connectivity index (χ0) is 8.55. The van der Waals surface area contributed by atoms with E-state index in [1.54, 1.807) is 0 Å². The van der Waals surface area contributed by atoms with E-state index in [9.17, 15) is 0 Å². The minimum atomic E-state index is -0.00639. The lowest BCUT2D eigenvalue weighted by molar-refractivity contribution is 0.264. The number of aliphatic hydroxyl groups excluding tert-OH is 1. The number of hydrogen-bond donors (Lipinski definition) is 1. The number of nitrogens with zero attached hydrogens (tertiary/aromatic N) is 3. The maximum atomic E-state index is 8.94. The second-order valence-corrected chi connectivity index (χ2v) is 3.15. The van der Waals surface area contributed by atoms with Crippen LogP contribution < -0.4 is 0 Å². The van der Waals surface area contributed by atoms with Crippen molar-refractivity contribution in [3.63, 3.8) is 0 Å². The Morgan fingerprint density at radius 1 is 1.50 bits per heavy atom. The lowest BCUT2D eigenvalue weighted by Gasteiger charge is -2.03. The van der Waals surface area contributed by atoms with Crippen LogP contribution in [0.1, 0.15) is 37.3 Å². The topological polar surface area (TPSA) is 50.9 Å². The van der Waals surface area contributed by atoms with Crippen molar-refractivity contribution in [2.45, 2.75) is 38.8 Å². The maximum absolute atomic E-state index is 8.94. The predicted octanol–water partition coefficient (Wildman–Crippen LogP) is 0.668. The lowest BCUT2D eigenvalue weighted by atomic mass is 10.4. The molecule has 2 rings (SSSR count). The highest BCUT2D eigenvalue weighted by molar-refractivity contribution is 5.07. The fourth-order valence-corrected chi connectivity index (χ4v) is 1.45. The molecule has 0 unspecified atom stereocenters. The molecular weight excluding hydrogens is 154 g/mol. The number of aliphatic hydroxyl groups is 1. The molecule has 0 aliphatic heterocycles. The molecule has 12 heavy (non-hydrogen) atoms. The first-order chi connectivity index (χ1) is 5.86. The van der Waals surface area contributed by atoms with Gasteiger partial charge in [-0.15, -0.1) is 10.2 Å². The van der Waals surface area contributed by atoms with Crippen LogP contribution in [0.2, 0.25) is 0 Å². The molecule has 4 nitrogen and oxygen atoms in total. The van der Waals surface area contributed by atoms with Crippen LogP contribution in [-0.4, -0.2) is 19.9 Å². The Morgan fingerprint density at radius 2 is 2.25 bits per heavy atom. The molecule has 0 spiro atoms. The number of aromatic nitrogens is 3. The smallest absolute Gasteiger partial charge is 0.158 e. The summed E-state index contributed by atoms with van der Waals surface area (Å²) in [5.74, 6) is 2.36. The number of hydrogen-bond acceptors (Lipinski definition) is 3. The van der Waals surface area contributed by atoms with Gasteiger partial charge in [-0.1, -0.05) is 0 Å². The van der Waals surface area contributed by atoms with Crippen LogP contribution >= 0.6 is 0 Å². The van der Waals surface area contributed by atoms with Gasteiger partial charge in [-0.05, 0) is 19.8 Å². The Balaban J connectivity index is 2.33. The summed E-state index contributed by atoms with van der Waals surface area (Å²) in [5.41, 5.74) is 0. The van der Waals surface area contributed by atoms with Crippen LogP contribution in [0.4, 0.5) is 0 Å². The monoisotopic (exact) mass is 167 g/mol. The van der Waals surface area contributed by atoms with E-state index in [0.717, 1.165) is 12.4 Å². The lowest BCUT2D eigenvalue weighted by Crippen LogP contribution is -2.05. The van der Waals surface area contributed by atoms with Crippen molar-refractivity contribution in [2.24, 2.45) is 0 Å². The summed E-state index contributed by atoms with van der Waals surface area (Å²) >= 11 is 0. The molecule has 0 bridgehead atoms. The van der Waals surface area contributed by atoms with Gasteiger partial charge in [-0.2, -0.15) is 0 Å². The molecule has 66 valence electrons. The predicted molar refractivity (Wildman–Crippen MR) is 43.6 cm³/mol. The third-order valence-electron chi connectivity index (χ3n) is 2.26. The molecule has 1 saturated carbocycles. The van der Waals surface area contributed by atoms with Gasteiger partial charge in [0.25, 0.3) is 0 Å². The second kappa shape index (κ2) is 2.86. The Bertz CT molecular complexity index is 278. The van der Waals surface area contributed by atoms with E-state index in [0.29, 0.717) is 11.7 Å². The summed E-state index contributed by atoms with van der Waals surface area (Å²) in [7, 11) is 0. The summed E-state index contributed by atoms with van der Waals surface area (Å²) in [6.07, 6.45) is 2.45. The quantitative estimate of drug-likeness (QED) is 0.719. The normalized spacial score (nSPS) is 16.8. The van der Waals surface area contributed by atoms with E-state index >= 15 is 0 Å². The Hall–Kier alpha value is -0.900. The fraction of sp³-hybridized carbons (Fsp3) is 0.750. The standard InChI is InChI=1S/C8H13N3O/c1-2-11-7(5-12)9-10-8(11)6-3-4-6/h6,12H,2-5H2,1H3. The molecule has 1 heterocycles. The minimum Gasteiger partial charge on any atom is -0.388 e. The zero-order valence-corrected chi connectivity index (χ0v) is 7.19. The first kappa shape index (κ1) is 7.73. The van der Waals surface area contributed by atoms with Gasteiger partial charge >= 0.3 is 0 Å². The molecule has 0 amide bonds. The van der Waals surface area contributed by atoms with Gasteiger partial charge in [-0.25, -0.2) is 0 Å². The largest absolute Gasteiger partial charge is 0.388 e. The van der Waals surface area contributed by atoms with Crippen LogP contribution in [0.25, 0.3) is 0 Å². The zero-order valence-electron chi connectivity index (χ0n) is 7.19. The Labute approximate surface area is 71.2 Å². The first-order valence-corrected chi connectivity index (χ1v) is 4.39. The third-order valence-corrected chi connectivity index (χ3v) is 2.26. The molecule has 1 aliphatic carbocycles. The van der Waals surface area contributed by atoms with Crippen molar-refractivity contribution < 1.29 is 5.11 Å². The summed E-state index contributed by atoms with van der Waals surface area (Å²) in [6, 6.07) is 0. The molecule has 1 fully saturated rings. The summed E-state index contributed by atoms with van der Waals surface area (Å²) in [5, 5.41) is 16.9. The molecule has 0 aromatic carbocycles. The molecule has 0 radical (unpaired) electrons. The van der Waals surface area contributed by atoms with Crippen molar-refractivity contribution in [1.82, 2.24) is 14.8 Å². The van der Waals surface area contributed by atoms with E-state index in [1.165, 1.54) is 12.8 Å². The van der Waals surface area contributed by atoms with Crippen molar-refractivity contribution in [3.8, 4) is 0 Å². The first-order valence-electron chi connectivity index (χ1n) is 4.39. The SMILES string of the molecule is CCn1c(CO)nnc1C1CC1. The molecule has 1 aliphatic rings. The molecule has 1 N–H and O–H groups in total. The Morgan fingerprint density at radius 3 is 2.75 bits per heavy atom. The van der Waals surface area contributed by atoms with Gasteiger partial charge < -0.3 is 9.67 Å². The van der Waals surface area contributed by atoms with Gasteiger partial charge in [0.15, 0.2) is 5.82 Å². The van der Waals surface area contributed by atoms with Crippen LogP contribution in [-0.2, 0) is 13.2 Å². The van der Waals surface area contributed by atoms with E-state index < -0.39 is 0 Å². The highest BCUT2D eigenvalue weighted by Crippen LogP contribution is 2.39. The highest BCUT2D eigenvalue weighted by atomic mass is 16.3. The van der Waals surface area contributed by atoms with Gasteiger partial charge in [0.1, 0.15) is 12.4 Å². The summed E-state index contributed by atoms with van der Waals surface area (Å²) in [6.45, 7) is 2.90. The van der Waals surface area contributed by atoms with E-state index in [4.69, 9.17) is 5.11 Å². The van der Waals surface area contributed by atoms with E-state index in [1.807, 2.05) is 4.57 Å². The van der Waals surface area contributed by atoms with Gasteiger partial charge in [0.05, 0.1) is 0 Å². The van der Waals surface area contributed by atoms with Crippen LogP contribution in [0.3, 0.4) is 0 Å². The second-order valence-electron chi connectivity index (χ2n) is 3.15. The van der Waals surface area contributed by atoms with Gasteiger partial charge in [0.2, 0.25) is 0 Å². The van der Waals surface area contributed by atoms with Crippen LogP contribution in [0.15, 0.2) is 0 Å². The van der Waals surface area contributed by atoms with Crippen molar-refractivity contribution in [2.75, 3.05) is 0 Å². The minimum absolute atomic E-state index is 0.00639. The fourth-order valence-electron chi connectivity index (χ4n) is 1.45. The summed E-state index contributed by atoms with van der Waals surface area (Å²) in [4.78, 5) is 0. The summed E-state index contributed by atoms with van der Waals surface area (Å²) < 4.78 is 2.01. The van der Waals surface area contributed by atoms with Crippen LogP contribution in [0, 0.1) is 0 Å². The van der Waals surface area contributed by atoms with Crippen molar-refractivity contribution >= 4 is 0 Å². The highest BCUT2D eigenvalue weighted by Gasteiger charge is 2.29. The average Bonchev–Trinajstić information content (AvgIpc) is 2.85. The molecule has 1 aromatic rings.